The van der Waals surface area contributed by atoms with Gasteiger partial charge in [-0.05, 0) is 32.6 Å². The maximum Gasteiger partial charge on any atom is 0.220 e. The number of nitrogens with one attached hydrogen (secondary N) is 1. The first-order valence-corrected chi connectivity index (χ1v) is 7.35. The Morgan fingerprint density at radius 3 is 2.94 bits per heavy atom. The van der Waals surface area contributed by atoms with Gasteiger partial charge in [-0.15, -0.1) is 11.3 Å². The fourth-order valence-electron chi connectivity index (χ4n) is 1.79. The number of amides is 1. The standard InChI is InChI=1S/C13H22N2O2S/c1-3-11(7-8-16)15-13(17)6-4-5-12-9-18-10(2)14-12/h9,11,16H,3-8H2,1-2H3,(H,15,17). The molecule has 1 atom stereocenters. The molecule has 0 fully saturated rings. The van der Waals surface area contributed by atoms with Gasteiger partial charge >= 0.3 is 0 Å². The Balaban J connectivity index is 2.20. The van der Waals surface area contributed by atoms with Gasteiger partial charge in [-0.25, -0.2) is 4.98 Å². The summed E-state index contributed by atoms with van der Waals surface area (Å²) in [5.74, 6) is 0.0715. The molecule has 0 aliphatic carbocycles. The maximum absolute atomic E-state index is 11.7. The summed E-state index contributed by atoms with van der Waals surface area (Å²) in [6.45, 7) is 4.12. The van der Waals surface area contributed by atoms with Crippen LogP contribution in [0.1, 0.15) is 43.3 Å². The van der Waals surface area contributed by atoms with Crippen LogP contribution in [0.4, 0.5) is 0 Å². The summed E-state index contributed by atoms with van der Waals surface area (Å²) in [6.07, 6.45) is 3.70. The Kier molecular flexibility index (Phi) is 6.90. The molecule has 102 valence electrons. The van der Waals surface area contributed by atoms with Crippen LogP contribution in [0.2, 0.25) is 0 Å². The van der Waals surface area contributed by atoms with Gasteiger partial charge in [-0.3, -0.25) is 4.79 Å². The summed E-state index contributed by atoms with van der Waals surface area (Å²) in [6, 6.07) is 0.101. The third-order valence-electron chi connectivity index (χ3n) is 2.84. The Morgan fingerprint density at radius 2 is 2.39 bits per heavy atom. The zero-order valence-corrected chi connectivity index (χ0v) is 11.9. The Labute approximate surface area is 112 Å². The highest BCUT2D eigenvalue weighted by Crippen LogP contribution is 2.10. The fraction of sp³-hybridized carbons (Fsp3) is 0.692. The molecule has 0 spiro atoms. The summed E-state index contributed by atoms with van der Waals surface area (Å²) in [5, 5.41) is 14.9. The van der Waals surface area contributed by atoms with E-state index < -0.39 is 0 Å². The Bertz CT molecular complexity index is 366. The number of aliphatic hydroxyl groups excluding tert-OH is 1. The van der Waals surface area contributed by atoms with Crippen LogP contribution in [-0.4, -0.2) is 28.6 Å². The van der Waals surface area contributed by atoms with Crippen molar-refractivity contribution in [2.75, 3.05) is 6.61 Å². The van der Waals surface area contributed by atoms with Crippen LogP contribution in [0.15, 0.2) is 5.38 Å². The van der Waals surface area contributed by atoms with Gasteiger partial charge in [0.05, 0.1) is 10.7 Å². The van der Waals surface area contributed by atoms with E-state index >= 15 is 0 Å². The van der Waals surface area contributed by atoms with Gasteiger partial charge in [0, 0.05) is 24.4 Å². The van der Waals surface area contributed by atoms with Crippen LogP contribution in [0, 0.1) is 6.92 Å². The van der Waals surface area contributed by atoms with E-state index in [-0.39, 0.29) is 18.6 Å². The van der Waals surface area contributed by atoms with Gasteiger partial charge in [0.1, 0.15) is 0 Å². The van der Waals surface area contributed by atoms with Crippen LogP contribution in [-0.2, 0) is 11.2 Å². The number of aliphatic hydroxyl groups is 1. The number of aryl methyl sites for hydroxylation is 2. The molecule has 1 heterocycles. The van der Waals surface area contributed by atoms with Gasteiger partial charge in [0.25, 0.3) is 0 Å². The lowest BCUT2D eigenvalue weighted by molar-refractivity contribution is -0.122. The molecule has 0 saturated carbocycles. The molecule has 18 heavy (non-hydrogen) atoms. The normalized spacial score (nSPS) is 12.4. The molecule has 0 aliphatic heterocycles. The number of thiazole rings is 1. The monoisotopic (exact) mass is 270 g/mol. The highest BCUT2D eigenvalue weighted by atomic mass is 32.1. The first-order valence-electron chi connectivity index (χ1n) is 6.47. The summed E-state index contributed by atoms with van der Waals surface area (Å²) in [4.78, 5) is 16.0. The second-order valence-electron chi connectivity index (χ2n) is 4.40. The van der Waals surface area contributed by atoms with E-state index in [4.69, 9.17) is 5.11 Å². The van der Waals surface area contributed by atoms with Crippen LogP contribution < -0.4 is 5.32 Å². The maximum atomic E-state index is 11.7. The molecule has 1 rings (SSSR count). The van der Waals surface area contributed by atoms with Crippen LogP contribution in [0.3, 0.4) is 0 Å². The zero-order valence-electron chi connectivity index (χ0n) is 11.1. The van der Waals surface area contributed by atoms with E-state index in [0.29, 0.717) is 12.8 Å². The van der Waals surface area contributed by atoms with Gasteiger partial charge in [0.2, 0.25) is 5.91 Å². The minimum Gasteiger partial charge on any atom is -0.396 e. The Morgan fingerprint density at radius 1 is 1.61 bits per heavy atom. The molecule has 1 aromatic rings. The second-order valence-corrected chi connectivity index (χ2v) is 5.46. The topological polar surface area (TPSA) is 62.2 Å². The lowest BCUT2D eigenvalue weighted by atomic mass is 10.1. The molecule has 1 unspecified atom stereocenters. The van der Waals surface area contributed by atoms with E-state index in [2.05, 4.69) is 10.3 Å². The van der Waals surface area contributed by atoms with Crippen molar-refractivity contribution in [3.05, 3.63) is 16.1 Å². The first-order chi connectivity index (χ1) is 8.65. The van der Waals surface area contributed by atoms with Crippen molar-refractivity contribution in [2.24, 2.45) is 0 Å². The number of rotatable bonds is 8. The molecule has 1 aromatic heterocycles. The molecule has 0 aliphatic rings. The van der Waals surface area contributed by atoms with E-state index in [0.717, 1.165) is 30.0 Å². The Hall–Kier alpha value is -0.940. The summed E-state index contributed by atoms with van der Waals surface area (Å²) < 4.78 is 0. The molecule has 4 nitrogen and oxygen atoms in total. The van der Waals surface area contributed by atoms with Gasteiger partial charge in [0.15, 0.2) is 0 Å². The third-order valence-corrected chi connectivity index (χ3v) is 3.66. The van der Waals surface area contributed by atoms with Crippen molar-refractivity contribution < 1.29 is 9.90 Å². The van der Waals surface area contributed by atoms with E-state index in [1.807, 2.05) is 19.2 Å². The first kappa shape index (κ1) is 15.1. The minimum absolute atomic E-state index is 0.0715. The molecular formula is C13H22N2O2S. The zero-order chi connectivity index (χ0) is 13.4. The van der Waals surface area contributed by atoms with Crippen LogP contribution in [0.5, 0.6) is 0 Å². The lowest BCUT2D eigenvalue weighted by Crippen LogP contribution is -2.34. The van der Waals surface area contributed by atoms with Crippen LogP contribution >= 0.6 is 11.3 Å². The largest absolute Gasteiger partial charge is 0.396 e. The van der Waals surface area contributed by atoms with E-state index in [1.165, 1.54) is 0 Å². The average Bonchev–Trinajstić information content (AvgIpc) is 2.74. The van der Waals surface area contributed by atoms with Crippen LogP contribution in [0.25, 0.3) is 0 Å². The van der Waals surface area contributed by atoms with Crippen molar-refractivity contribution in [1.82, 2.24) is 10.3 Å². The second kappa shape index (κ2) is 8.21. The minimum atomic E-state index is 0.0715. The molecule has 0 bridgehead atoms. The quantitative estimate of drug-likeness (QED) is 0.760. The molecule has 5 heteroatoms. The number of nitrogens with zero attached hydrogens (tertiary/aromatic N) is 1. The molecule has 0 aromatic carbocycles. The molecule has 2 N–H and O–H groups in total. The van der Waals surface area contributed by atoms with Gasteiger partial charge < -0.3 is 10.4 Å². The van der Waals surface area contributed by atoms with Crippen molar-refractivity contribution in [1.29, 1.82) is 0 Å². The van der Waals surface area contributed by atoms with E-state index in [9.17, 15) is 4.79 Å². The summed E-state index contributed by atoms with van der Waals surface area (Å²) in [7, 11) is 0. The van der Waals surface area contributed by atoms with Gasteiger partial charge in [-0.1, -0.05) is 6.92 Å². The number of hydrogen-bond donors (Lipinski definition) is 2. The van der Waals surface area contributed by atoms with Gasteiger partial charge in [-0.2, -0.15) is 0 Å². The van der Waals surface area contributed by atoms with Crippen molar-refractivity contribution in [3.63, 3.8) is 0 Å². The lowest BCUT2D eigenvalue weighted by Gasteiger charge is -2.15. The van der Waals surface area contributed by atoms with E-state index in [1.54, 1.807) is 11.3 Å². The highest BCUT2D eigenvalue weighted by Gasteiger charge is 2.09. The number of hydrogen-bond acceptors (Lipinski definition) is 4. The molecule has 0 saturated heterocycles. The number of carbonyl (C=O) groups excluding carboxylic acids is 1. The SMILES string of the molecule is CCC(CCO)NC(=O)CCCc1csc(C)n1. The van der Waals surface area contributed by atoms with Crippen molar-refractivity contribution in [3.8, 4) is 0 Å². The highest BCUT2D eigenvalue weighted by molar-refractivity contribution is 7.09. The predicted octanol–water partition coefficient (Wildman–Crippen LogP) is 2.05. The fourth-order valence-corrected chi connectivity index (χ4v) is 2.43. The smallest absolute Gasteiger partial charge is 0.220 e. The van der Waals surface area contributed by atoms with Crippen molar-refractivity contribution in [2.45, 2.75) is 52.0 Å². The third kappa shape index (κ3) is 5.60. The molecule has 1 amide bonds. The molecular weight excluding hydrogens is 248 g/mol. The predicted molar refractivity (Wildman–Crippen MR) is 73.7 cm³/mol. The average molecular weight is 270 g/mol. The number of aromatic nitrogens is 1. The number of carbonyl (C=O) groups is 1. The summed E-state index contributed by atoms with van der Waals surface area (Å²) in [5.41, 5.74) is 1.08. The summed E-state index contributed by atoms with van der Waals surface area (Å²) >= 11 is 1.64. The van der Waals surface area contributed by atoms with Crippen molar-refractivity contribution >= 4 is 17.2 Å². The molecule has 0 radical (unpaired) electrons.